The van der Waals surface area contributed by atoms with Crippen LogP contribution in [0.4, 0.5) is 0 Å². The van der Waals surface area contributed by atoms with E-state index in [4.69, 9.17) is 19.9 Å². The Balaban J connectivity index is 1.71. The highest BCUT2D eigenvalue weighted by Gasteiger charge is 2.62. The summed E-state index contributed by atoms with van der Waals surface area (Å²) in [5, 5.41) is 0. The highest BCUT2D eigenvalue weighted by atomic mass is 16.6. The van der Waals surface area contributed by atoms with E-state index in [-0.39, 0.29) is 12.1 Å². The largest absolute Gasteiger partial charge is 0.484 e. The van der Waals surface area contributed by atoms with Crippen molar-refractivity contribution >= 4 is 6.02 Å². The van der Waals surface area contributed by atoms with Crippen LogP contribution in [0, 0.1) is 0 Å². The normalized spacial score (nSPS) is 32.5. The third-order valence-electron chi connectivity index (χ3n) is 5.30. The minimum atomic E-state index is -0.686. The molecule has 0 bridgehead atoms. The van der Waals surface area contributed by atoms with Gasteiger partial charge in [-0.15, -0.1) is 0 Å². The third kappa shape index (κ3) is 1.99. The number of hydrogen-bond acceptors (Lipinski definition) is 7. The molecule has 3 aliphatic heterocycles. The van der Waals surface area contributed by atoms with Crippen molar-refractivity contribution in [2.24, 2.45) is 10.7 Å². The molecular weight excluding hydrogens is 320 g/mol. The second-order valence-corrected chi connectivity index (χ2v) is 6.92. The lowest BCUT2D eigenvalue weighted by Gasteiger charge is -2.45. The maximum absolute atomic E-state index is 6.33. The molecule has 1 aromatic heterocycles. The van der Waals surface area contributed by atoms with E-state index in [1.165, 1.54) is 6.33 Å². The van der Waals surface area contributed by atoms with E-state index in [0.717, 1.165) is 28.9 Å². The molecule has 2 N–H and O–H groups in total. The van der Waals surface area contributed by atoms with Crippen molar-refractivity contribution in [2.45, 2.75) is 30.6 Å². The molecule has 3 aliphatic rings. The second kappa shape index (κ2) is 4.92. The molecule has 0 radical (unpaired) electrons. The maximum Gasteiger partial charge on any atom is 0.283 e. The predicted octanol–water partition coefficient (Wildman–Crippen LogP) is 1.62. The van der Waals surface area contributed by atoms with Crippen molar-refractivity contribution in [3.63, 3.8) is 0 Å². The van der Waals surface area contributed by atoms with Gasteiger partial charge < -0.3 is 19.9 Å². The van der Waals surface area contributed by atoms with Crippen molar-refractivity contribution < 1.29 is 14.2 Å². The van der Waals surface area contributed by atoms with Crippen LogP contribution in [-0.2, 0) is 15.0 Å². The number of benzene rings is 1. The van der Waals surface area contributed by atoms with Gasteiger partial charge in [-0.25, -0.2) is 15.0 Å². The molecule has 25 heavy (non-hydrogen) atoms. The molecule has 128 valence electrons. The third-order valence-corrected chi connectivity index (χ3v) is 5.30. The van der Waals surface area contributed by atoms with Gasteiger partial charge in [0.05, 0.1) is 6.61 Å². The summed E-state index contributed by atoms with van der Waals surface area (Å²) in [5.41, 5.74) is 7.60. The molecular formula is C18H18N4O3. The van der Waals surface area contributed by atoms with Crippen molar-refractivity contribution in [3.8, 4) is 16.9 Å². The molecule has 4 heterocycles. The van der Waals surface area contributed by atoms with E-state index in [1.54, 1.807) is 12.4 Å². The Morgan fingerprint density at radius 3 is 2.80 bits per heavy atom. The van der Waals surface area contributed by atoms with Gasteiger partial charge >= 0.3 is 0 Å². The first-order valence-corrected chi connectivity index (χ1v) is 8.29. The van der Waals surface area contributed by atoms with Crippen LogP contribution in [0.5, 0.6) is 5.75 Å². The summed E-state index contributed by atoms with van der Waals surface area (Å²) in [6, 6.07) is 6.23. The van der Waals surface area contributed by atoms with Gasteiger partial charge in [0.25, 0.3) is 6.02 Å². The summed E-state index contributed by atoms with van der Waals surface area (Å²) in [6.07, 6.45) is 5.65. The summed E-state index contributed by atoms with van der Waals surface area (Å²) in [7, 11) is 0. The molecule has 1 spiro atoms. The molecule has 7 heteroatoms. The topological polar surface area (TPSA) is 91.9 Å². The lowest BCUT2D eigenvalue weighted by molar-refractivity contribution is -0.0755. The fraction of sp³-hybridized carbons (Fsp3) is 0.389. The lowest BCUT2D eigenvalue weighted by atomic mass is 9.74. The monoisotopic (exact) mass is 338 g/mol. The first kappa shape index (κ1) is 14.7. The molecule has 0 unspecified atom stereocenters. The molecule has 1 aromatic carbocycles. The molecule has 5 rings (SSSR count). The summed E-state index contributed by atoms with van der Waals surface area (Å²) in [6.45, 7) is 3.05. The van der Waals surface area contributed by atoms with Crippen molar-refractivity contribution in [3.05, 3.63) is 42.5 Å². The number of amidine groups is 1. The van der Waals surface area contributed by atoms with Crippen LogP contribution in [0.15, 0.2) is 41.9 Å². The fourth-order valence-corrected chi connectivity index (χ4v) is 4.13. The standard InChI is InChI=1S/C18H18N4O3/c1-17-4-5-23-15(17)18(9-24-16(19)22-18)13-6-11(2-3-14(13)25-17)12-7-20-10-21-8-12/h2-3,6-8,10,15H,4-5,9H2,1H3,(H2,19,22)/t15-,17+,18+/m0/s1. The van der Waals surface area contributed by atoms with Gasteiger partial charge in [0.2, 0.25) is 0 Å². The minimum absolute atomic E-state index is 0.194. The first-order chi connectivity index (χ1) is 12.1. The molecule has 0 saturated carbocycles. The summed E-state index contributed by atoms with van der Waals surface area (Å²) >= 11 is 0. The Labute approximate surface area is 144 Å². The predicted molar refractivity (Wildman–Crippen MR) is 90.1 cm³/mol. The number of nitrogens with two attached hydrogens (primary N) is 1. The zero-order valence-corrected chi connectivity index (χ0v) is 13.8. The van der Waals surface area contributed by atoms with Crippen molar-refractivity contribution in [2.75, 3.05) is 13.2 Å². The van der Waals surface area contributed by atoms with E-state index >= 15 is 0 Å². The highest BCUT2D eigenvalue weighted by molar-refractivity contribution is 5.75. The SMILES string of the molecule is C[C@@]12CCO[C@@H]1[C@@]1(COC(N)=N1)c1cc(-c3cncnc3)ccc1O2. The quantitative estimate of drug-likeness (QED) is 0.849. The van der Waals surface area contributed by atoms with Crippen LogP contribution in [0.1, 0.15) is 18.9 Å². The van der Waals surface area contributed by atoms with Crippen molar-refractivity contribution in [1.82, 2.24) is 9.97 Å². The van der Waals surface area contributed by atoms with Crippen LogP contribution >= 0.6 is 0 Å². The van der Waals surface area contributed by atoms with Gasteiger partial charge in [0.15, 0.2) is 5.54 Å². The molecule has 0 amide bonds. The molecule has 0 aliphatic carbocycles. The van der Waals surface area contributed by atoms with Crippen LogP contribution in [0.3, 0.4) is 0 Å². The number of rotatable bonds is 1. The number of nitrogens with zero attached hydrogens (tertiary/aromatic N) is 3. The highest BCUT2D eigenvalue weighted by Crippen LogP contribution is 2.53. The Morgan fingerprint density at radius 1 is 1.20 bits per heavy atom. The van der Waals surface area contributed by atoms with Crippen LogP contribution in [0.25, 0.3) is 11.1 Å². The average Bonchev–Trinajstić information content (AvgIpc) is 3.20. The second-order valence-electron chi connectivity index (χ2n) is 6.92. The maximum atomic E-state index is 6.33. The van der Waals surface area contributed by atoms with E-state index in [2.05, 4.69) is 28.0 Å². The number of hydrogen-bond donors (Lipinski definition) is 1. The lowest BCUT2D eigenvalue weighted by Crippen LogP contribution is -2.57. The molecule has 3 atom stereocenters. The molecule has 7 nitrogen and oxygen atoms in total. The minimum Gasteiger partial charge on any atom is -0.484 e. The Morgan fingerprint density at radius 2 is 2.04 bits per heavy atom. The van der Waals surface area contributed by atoms with Gasteiger partial charge in [-0.2, -0.15) is 0 Å². The molecule has 1 saturated heterocycles. The van der Waals surface area contributed by atoms with E-state index in [0.29, 0.717) is 13.2 Å². The van der Waals surface area contributed by atoms with Gasteiger partial charge in [0.1, 0.15) is 30.4 Å². The van der Waals surface area contributed by atoms with Gasteiger partial charge in [0, 0.05) is 29.9 Å². The first-order valence-electron chi connectivity index (χ1n) is 8.29. The van der Waals surface area contributed by atoms with Crippen LogP contribution in [-0.4, -0.2) is 40.9 Å². The van der Waals surface area contributed by atoms with Gasteiger partial charge in [-0.3, -0.25) is 0 Å². The fourth-order valence-electron chi connectivity index (χ4n) is 4.13. The summed E-state index contributed by atoms with van der Waals surface area (Å²) in [4.78, 5) is 12.9. The average molecular weight is 338 g/mol. The Bertz CT molecular complexity index is 872. The van der Waals surface area contributed by atoms with E-state index in [1.807, 2.05) is 12.1 Å². The molecule has 1 fully saturated rings. The van der Waals surface area contributed by atoms with E-state index in [9.17, 15) is 0 Å². The Hall–Kier alpha value is -2.67. The summed E-state index contributed by atoms with van der Waals surface area (Å²) in [5.74, 6) is 0.798. The number of aromatic nitrogens is 2. The van der Waals surface area contributed by atoms with Crippen LogP contribution < -0.4 is 10.5 Å². The van der Waals surface area contributed by atoms with E-state index < -0.39 is 11.1 Å². The smallest absolute Gasteiger partial charge is 0.283 e. The van der Waals surface area contributed by atoms with Gasteiger partial charge in [-0.1, -0.05) is 6.07 Å². The zero-order chi connectivity index (χ0) is 17.1. The number of fused-ring (bicyclic) bond motifs is 4. The van der Waals surface area contributed by atoms with Crippen LogP contribution in [0.2, 0.25) is 0 Å². The summed E-state index contributed by atoms with van der Waals surface area (Å²) < 4.78 is 18.0. The van der Waals surface area contributed by atoms with Crippen molar-refractivity contribution in [1.29, 1.82) is 0 Å². The van der Waals surface area contributed by atoms with Gasteiger partial charge in [-0.05, 0) is 24.6 Å². The number of ether oxygens (including phenoxy) is 3. The number of aliphatic imine (C=N–C) groups is 1. The molecule has 2 aromatic rings. The Kier molecular flexibility index (Phi) is 2.88. The zero-order valence-electron chi connectivity index (χ0n) is 13.8.